The second-order valence-electron chi connectivity index (χ2n) is 5.64. The van der Waals surface area contributed by atoms with Crippen LogP contribution in [0.5, 0.6) is 0 Å². The zero-order chi connectivity index (χ0) is 17.0. The Morgan fingerprint density at radius 3 is 1.91 bits per heavy atom. The van der Waals surface area contributed by atoms with E-state index in [1.54, 1.807) is 6.08 Å². The summed E-state index contributed by atoms with van der Waals surface area (Å²) >= 11 is 0. The maximum atomic E-state index is 9.63. The third-order valence-corrected chi connectivity index (χ3v) is 3.44. The van der Waals surface area contributed by atoms with Crippen LogP contribution in [0.1, 0.15) is 58.3 Å². The van der Waals surface area contributed by atoms with E-state index in [-0.39, 0.29) is 6.10 Å². The molecule has 1 unspecified atom stereocenters. The van der Waals surface area contributed by atoms with Crippen molar-refractivity contribution >= 4 is 0 Å². The molecule has 0 aliphatic rings. The highest BCUT2D eigenvalue weighted by Crippen LogP contribution is 2.10. The molecular weight excluding hydrogens is 280 g/mol. The van der Waals surface area contributed by atoms with Crippen LogP contribution in [-0.4, -0.2) is 11.2 Å². The zero-order valence-corrected chi connectivity index (χ0v) is 14.7. The molecular formula is C22H34O. The molecule has 0 aromatic heterocycles. The molecule has 0 saturated heterocycles. The summed E-state index contributed by atoms with van der Waals surface area (Å²) in [6.07, 6.45) is 31.0. The Morgan fingerprint density at radius 1 is 0.739 bits per heavy atom. The number of aliphatic hydroxyl groups excluding tert-OH is 1. The Hall–Kier alpha value is -1.60. The molecule has 23 heavy (non-hydrogen) atoms. The van der Waals surface area contributed by atoms with Crippen molar-refractivity contribution in [1.29, 1.82) is 0 Å². The Kier molecular flexibility index (Phi) is 17.2. The van der Waals surface area contributed by atoms with Crippen LogP contribution in [0.4, 0.5) is 0 Å². The van der Waals surface area contributed by atoms with Crippen molar-refractivity contribution in [2.24, 2.45) is 0 Å². The van der Waals surface area contributed by atoms with E-state index in [9.17, 15) is 5.11 Å². The van der Waals surface area contributed by atoms with Gasteiger partial charge in [0.05, 0.1) is 6.10 Å². The van der Waals surface area contributed by atoms with Gasteiger partial charge in [-0.3, -0.25) is 0 Å². The van der Waals surface area contributed by atoms with Gasteiger partial charge in [-0.25, -0.2) is 0 Å². The van der Waals surface area contributed by atoms with Crippen molar-refractivity contribution in [3.05, 3.63) is 73.4 Å². The van der Waals surface area contributed by atoms with Crippen LogP contribution in [-0.2, 0) is 0 Å². The van der Waals surface area contributed by atoms with E-state index < -0.39 is 0 Å². The smallest absolute Gasteiger partial charge is 0.0540 e. The van der Waals surface area contributed by atoms with Gasteiger partial charge < -0.3 is 5.11 Å². The topological polar surface area (TPSA) is 20.2 Å². The molecule has 0 fully saturated rings. The predicted molar refractivity (Wildman–Crippen MR) is 105 cm³/mol. The summed E-state index contributed by atoms with van der Waals surface area (Å²) in [5.74, 6) is 0. The number of hydrogen-bond acceptors (Lipinski definition) is 1. The van der Waals surface area contributed by atoms with Crippen molar-refractivity contribution < 1.29 is 5.11 Å². The van der Waals surface area contributed by atoms with Gasteiger partial charge in [-0.1, -0.05) is 106 Å². The van der Waals surface area contributed by atoms with Crippen LogP contribution in [0, 0.1) is 0 Å². The Balaban J connectivity index is 3.48. The molecule has 0 aromatic rings. The van der Waals surface area contributed by atoms with Gasteiger partial charge in [-0.05, 0) is 25.7 Å². The third kappa shape index (κ3) is 18.4. The maximum absolute atomic E-state index is 9.63. The second kappa shape index (κ2) is 18.4. The minimum atomic E-state index is -0.0778. The van der Waals surface area contributed by atoms with E-state index in [2.05, 4.69) is 31.7 Å². The lowest BCUT2D eigenvalue weighted by atomic mass is 10.1. The fourth-order valence-corrected chi connectivity index (χ4v) is 2.18. The average molecular weight is 315 g/mol. The molecule has 0 spiro atoms. The molecule has 1 N–H and O–H groups in total. The number of aliphatic hydroxyl groups is 1. The quantitative estimate of drug-likeness (QED) is 0.288. The molecule has 0 aliphatic carbocycles. The van der Waals surface area contributed by atoms with E-state index in [1.165, 1.54) is 19.3 Å². The number of rotatable bonds is 14. The van der Waals surface area contributed by atoms with Crippen molar-refractivity contribution in [3.63, 3.8) is 0 Å². The summed E-state index contributed by atoms with van der Waals surface area (Å²) in [5.41, 5.74) is 0. The molecule has 0 heterocycles. The first-order chi connectivity index (χ1) is 11.3. The first kappa shape index (κ1) is 21.4. The minimum Gasteiger partial charge on any atom is -0.393 e. The molecule has 0 bridgehead atoms. The summed E-state index contributed by atoms with van der Waals surface area (Å²) in [6.45, 7) is 5.73. The molecule has 1 heteroatoms. The Bertz CT molecular complexity index is 396. The number of hydrogen-bond donors (Lipinski definition) is 1. The zero-order valence-electron chi connectivity index (χ0n) is 14.7. The fraction of sp³-hybridized carbons (Fsp3) is 0.455. The van der Waals surface area contributed by atoms with Gasteiger partial charge in [0.25, 0.3) is 0 Å². The van der Waals surface area contributed by atoms with Crippen LogP contribution in [0.15, 0.2) is 73.4 Å². The second-order valence-corrected chi connectivity index (χ2v) is 5.64. The predicted octanol–water partition coefficient (Wildman–Crippen LogP) is 6.46. The van der Waals surface area contributed by atoms with Crippen LogP contribution >= 0.6 is 0 Å². The van der Waals surface area contributed by atoms with Crippen LogP contribution in [0.2, 0.25) is 0 Å². The molecule has 0 aliphatic heterocycles. The van der Waals surface area contributed by atoms with Crippen LogP contribution < -0.4 is 0 Å². The Morgan fingerprint density at radius 2 is 1.30 bits per heavy atom. The van der Waals surface area contributed by atoms with Crippen molar-refractivity contribution in [2.75, 3.05) is 0 Å². The standard InChI is InChI=1S/C22H34O/c1-3-5-6-7-8-9-10-11-12-13-14-15-16-17-18-19-21-22(23)20-4-2/h3,5-14,22-23H,1,4,15-21H2,2H3. The molecule has 0 rings (SSSR count). The van der Waals surface area contributed by atoms with E-state index in [4.69, 9.17) is 0 Å². The third-order valence-electron chi connectivity index (χ3n) is 3.44. The van der Waals surface area contributed by atoms with Crippen molar-refractivity contribution in [3.8, 4) is 0 Å². The molecule has 0 aromatic carbocycles. The highest BCUT2D eigenvalue weighted by molar-refractivity contribution is 5.18. The number of allylic oxidation sites excluding steroid dienone is 11. The summed E-state index contributed by atoms with van der Waals surface area (Å²) in [6, 6.07) is 0. The van der Waals surface area contributed by atoms with Gasteiger partial charge in [-0.2, -0.15) is 0 Å². The van der Waals surface area contributed by atoms with Gasteiger partial charge >= 0.3 is 0 Å². The van der Waals surface area contributed by atoms with Crippen LogP contribution in [0.3, 0.4) is 0 Å². The monoisotopic (exact) mass is 314 g/mol. The average Bonchev–Trinajstić information content (AvgIpc) is 2.54. The van der Waals surface area contributed by atoms with Gasteiger partial charge in [-0.15, -0.1) is 0 Å². The largest absolute Gasteiger partial charge is 0.393 e. The Labute approximate surface area is 143 Å². The fourth-order valence-electron chi connectivity index (χ4n) is 2.18. The minimum absolute atomic E-state index is 0.0778. The van der Waals surface area contributed by atoms with E-state index in [0.29, 0.717) is 0 Å². The molecule has 0 radical (unpaired) electrons. The normalized spacial score (nSPS) is 14.2. The van der Waals surface area contributed by atoms with Gasteiger partial charge in [0.2, 0.25) is 0 Å². The summed E-state index contributed by atoms with van der Waals surface area (Å²) < 4.78 is 0. The van der Waals surface area contributed by atoms with Gasteiger partial charge in [0, 0.05) is 0 Å². The lowest BCUT2D eigenvalue weighted by Crippen LogP contribution is -2.04. The van der Waals surface area contributed by atoms with Gasteiger partial charge in [0.1, 0.15) is 0 Å². The lowest BCUT2D eigenvalue weighted by Gasteiger charge is -2.07. The SMILES string of the molecule is C=CC=CC=CC=CC=CC=CCCCCCCC(O)CCC. The summed E-state index contributed by atoms with van der Waals surface area (Å²) in [7, 11) is 0. The molecule has 1 atom stereocenters. The first-order valence-electron chi connectivity index (χ1n) is 8.93. The van der Waals surface area contributed by atoms with Crippen molar-refractivity contribution in [1.82, 2.24) is 0 Å². The molecule has 1 nitrogen and oxygen atoms in total. The highest BCUT2D eigenvalue weighted by Gasteiger charge is 2.01. The summed E-state index contributed by atoms with van der Waals surface area (Å²) in [4.78, 5) is 0. The maximum Gasteiger partial charge on any atom is 0.0540 e. The van der Waals surface area contributed by atoms with E-state index in [1.807, 2.05) is 42.5 Å². The van der Waals surface area contributed by atoms with E-state index >= 15 is 0 Å². The van der Waals surface area contributed by atoms with Crippen LogP contribution in [0.25, 0.3) is 0 Å². The number of unbranched alkanes of at least 4 members (excludes halogenated alkanes) is 4. The molecule has 0 saturated carbocycles. The summed E-state index contributed by atoms with van der Waals surface area (Å²) in [5, 5.41) is 9.63. The lowest BCUT2D eigenvalue weighted by molar-refractivity contribution is 0.150. The molecule has 0 amide bonds. The van der Waals surface area contributed by atoms with Crippen molar-refractivity contribution in [2.45, 2.75) is 64.4 Å². The van der Waals surface area contributed by atoms with Gasteiger partial charge in [0.15, 0.2) is 0 Å². The first-order valence-corrected chi connectivity index (χ1v) is 8.93. The highest BCUT2D eigenvalue weighted by atomic mass is 16.3. The van der Waals surface area contributed by atoms with E-state index in [0.717, 1.165) is 32.1 Å². The molecule has 128 valence electrons.